The zero-order chi connectivity index (χ0) is 15.7. The molecule has 0 fully saturated rings. The third kappa shape index (κ3) is 5.95. The van der Waals surface area contributed by atoms with Gasteiger partial charge in [-0.15, -0.1) is 12.4 Å². The smallest absolute Gasteiger partial charge is 0.321 e. The molecule has 1 aromatic heterocycles. The van der Waals surface area contributed by atoms with Gasteiger partial charge in [0.05, 0.1) is 0 Å². The minimum Gasteiger partial charge on any atom is -0.424 e. The van der Waals surface area contributed by atoms with Crippen LogP contribution in [0.3, 0.4) is 0 Å². The molecule has 4 nitrogen and oxygen atoms in total. The van der Waals surface area contributed by atoms with Crippen molar-refractivity contribution in [1.29, 1.82) is 0 Å². The quantitative estimate of drug-likeness (QED) is 0.585. The van der Waals surface area contributed by atoms with E-state index in [9.17, 15) is 0 Å². The van der Waals surface area contributed by atoms with Crippen LogP contribution in [-0.2, 0) is 6.54 Å². The summed E-state index contributed by atoms with van der Waals surface area (Å²) in [5.74, 6) is 0.769. The zero-order valence-electron chi connectivity index (χ0n) is 13.8. The van der Waals surface area contributed by atoms with Crippen molar-refractivity contribution >= 4 is 12.4 Å². The minimum atomic E-state index is 0. The Morgan fingerprint density at radius 3 is 2.75 bits per heavy atom. The van der Waals surface area contributed by atoms with E-state index in [2.05, 4.69) is 27.4 Å². The van der Waals surface area contributed by atoms with Crippen LogP contribution in [0, 0.1) is 0 Å². The average Bonchev–Trinajstić information content (AvgIpc) is 2.61. The molecule has 0 atom stereocenters. The third-order valence-corrected chi connectivity index (χ3v) is 3.99. The Hall–Kier alpha value is -1.91. The van der Waals surface area contributed by atoms with Gasteiger partial charge in [-0.3, -0.25) is 0 Å². The van der Waals surface area contributed by atoms with E-state index in [-0.39, 0.29) is 12.4 Å². The molecule has 0 unspecified atom stereocenters. The number of hydrogen-bond donors (Lipinski definition) is 1. The van der Waals surface area contributed by atoms with E-state index in [0.717, 1.165) is 25.3 Å². The number of rotatable bonds is 7. The Kier molecular flexibility index (Phi) is 7.72. The largest absolute Gasteiger partial charge is 0.424 e. The van der Waals surface area contributed by atoms with Crippen molar-refractivity contribution in [3.05, 3.63) is 59.9 Å². The Morgan fingerprint density at radius 1 is 1.08 bits per heavy atom. The van der Waals surface area contributed by atoms with Crippen molar-refractivity contribution in [3.63, 3.8) is 0 Å². The van der Waals surface area contributed by atoms with Crippen molar-refractivity contribution in [1.82, 2.24) is 15.3 Å². The molecule has 2 aromatic rings. The first-order chi connectivity index (χ1) is 11.4. The molecule has 0 amide bonds. The molecule has 128 valence electrons. The van der Waals surface area contributed by atoms with Crippen LogP contribution >= 0.6 is 12.4 Å². The second kappa shape index (κ2) is 10.1. The van der Waals surface area contributed by atoms with Crippen molar-refractivity contribution < 1.29 is 4.74 Å². The normalized spacial score (nSPS) is 13.8. The fraction of sp³-hybridized carbons (Fsp3) is 0.368. The van der Waals surface area contributed by atoms with Crippen LogP contribution in [0.1, 0.15) is 37.7 Å². The van der Waals surface area contributed by atoms with E-state index in [1.54, 1.807) is 24.0 Å². The van der Waals surface area contributed by atoms with E-state index >= 15 is 0 Å². The van der Waals surface area contributed by atoms with Gasteiger partial charge in [0.1, 0.15) is 5.75 Å². The predicted molar refractivity (Wildman–Crippen MR) is 98.7 cm³/mol. The minimum absolute atomic E-state index is 0. The number of aromatic nitrogens is 2. The Morgan fingerprint density at radius 2 is 1.96 bits per heavy atom. The molecular weight excluding hydrogens is 322 g/mol. The van der Waals surface area contributed by atoms with Crippen LogP contribution in [-0.4, -0.2) is 16.5 Å². The standard InChI is InChI=1S/C19H23N3O.ClH/c1-2-6-16(7-3-1)10-13-20-15-17-8-4-9-18(14-17)23-19-21-11-5-12-22-19;/h4-6,8-9,11-12,14,20H,1-3,7,10,13,15H2;1H. The summed E-state index contributed by atoms with van der Waals surface area (Å²) in [6.45, 7) is 1.87. The van der Waals surface area contributed by atoms with Gasteiger partial charge in [-0.2, -0.15) is 0 Å². The molecule has 1 aliphatic rings. The number of ether oxygens (including phenoxy) is 1. The first-order valence-corrected chi connectivity index (χ1v) is 8.32. The van der Waals surface area contributed by atoms with Gasteiger partial charge in [0.25, 0.3) is 0 Å². The SMILES string of the molecule is C1=C(CCNCc2cccc(Oc3ncccn3)c2)CCCC1.Cl. The van der Waals surface area contributed by atoms with E-state index in [1.807, 2.05) is 18.2 Å². The number of nitrogens with one attached hydrogen (secondary N) is 1. The lowest BCUT2D eigenvalue weighted by molar-refractivity contribution is 0.441. The summed E-state index contributed by atoms with van der Waals surface area (Å²) in [5.41, 5.74) is 2.82. The van der Waals surface area contributed by atoms with Gasteiger partial charge in [-0.05, 0) is 62.4 Å². The lowest BCUT2D eigenvalue weighted by Crippen LogP contribution is -2.15. The van der Waals surface area contributed by atoms with Crippen LogP contribution in [0.25, 0.3) is 0 Å². The summed E-state index contributed by atoms with van der Waals surface area (Å²) in [6.07, 6.45) is 12.2. The van der Waals surface area contributed by atoms with Crippen LogP contribution in [0.5, 0.6) is 11.8 Å². The summed E-state index contributed by atoms with van der Waals surface area (Å²) in [7, 11) is 0. The summed E-state index contributed by atoms with van der Waals surface area (Å²) in [5, 5.41) is 3.51. The number of nitrogens with zero attached hydrogens (tertiary/aromatic N) is 2. The molecule has 0 spiro atoms. The van der Waals surface area contributed by atoms with Crippen molar-refractivity contribution in [3.8, 4) is 11.8 Å². The maximum atomic E-state index is 5.66. The third-order valence-electron chi connectivity index (χ3n) is 3.99. The highest BCUT2D eigenvalue weighted by molar-refractivity contribution is 5.85. The Bertz CT molecular complexity index is 646. The van der Waals surface area contributed by atoms with E-state index in [0.29, 0.717) is 6.01 Å². The molecule has 3 rings (SSSR count). The maximum absolute atomic E-state index is 5.66. The molecule has 1 aromatic carbocycles. The van der Waals surface area contributed by atoms with Crippen LogP contribution in [0.4, 0.5) is 0 Å². The molecule has 0 radical (unpaired) electrons. The highest BCUT2D eigenvalue weighted by Gasteiger charge is 2.04. The second-order valence-corrected chi connectivity index (χ2v) is 5.82. The predicted octanol–water partition coefficient (Wildman–Crippen LogP) is 4.67. The van der Waals surface area contributed by atoms with Crippen molar-refractivity contribution in [2.45, 2.75) is 38.6 Å². The van der Waals surface area contributed by atoms with E-state index in [4.69, 9.17) is 4.74 Å². The first kappa shape index (κ1) is 18.4. The van der Waals surface area contributed by atoms with Gasteiger partial charge in [-0.1, -0.05) is 23.8 Å². The maximum Gasteiger partial charge on any atom is 0.321 e. The average molecular weight is 346 g/mol. The van der Waals surface area contributed by atoms with Gasteiger partial charge in [0.2, 0.25) is 0 Å². The van der Waals surface area contributed by atoms with Crippen LogP contribution < -0.4 is 10.1 Å². The summed E-state index contributed by atoms with van der Waals surface area (Å²) in [4.78, 5) is 8.15. The molecule has 1 aliphatic carbocycles. The number of halogens is 1. The molecular formula is C19H24ClN3O. The summed E-state index contributed by atoms with van der Waals surface area (Å²) >= 11 is 0. The molecule has 24 heavy (non-hydrogen) atoms. The van der Waals surface area contributed by atoms with Gasteiger partial charge >= 0.3 is 6.01 Å². The van der Waals surface area contributed by atoms with Crippen LogP contribution in [0.2, 0.25) is 0 Å². The highest BCUT2D eigenvalue weighted by Crippen LogP contribution is 2.20. The molecule has 0 saturated heterocycles. The van der Waals surface area contributed by atoms with Gasteiger partial charge < -0.3 is 10.1 Å². The molecule has 0 saturated carbocycles. The molecule has 0 bridgehead atoms. The molecule has 5 heteroatoms. The van der Waals surface area contributed by atoms with E-state index < -0.39 is 0 Å². The van der Waals surface area contributed by atoms with Gasteiger partial charge in [-0.25, -0.2) is 9.97 Å². The van der Waals surface area contributed by atoms with Crippen molar-refractivity contribution in [2.75, 3.05) is 6.54 Å². The molecule has 1 N–H and O–H groups in total. The Balaban J connectivity index is 0.00000208. The lowest BCUT2D eigenvalue weighted by atomic mass is 9.97. The van der Waals surface area contributed by atoms with Crippen molar-refractivity contribution in [2.24, 2.45) is 0 Å². The number of hydrogen-bond acceptors (Lipinski definition) is 4. The summed E-state index contributed by atoms with van der Waals surface area (Å²) < 4.78 is 5.66. The lowest BCUT2D eigenvalue weighted by Gasteiger charge is -2.13. The van der Waals surface area contributed by atoms with Gasteiger partial charge in [0, 0.05) is 18.9 Å². The highest BCUT2D eigenvalue weighted by atomic mass is 35.5. The molecule has 0 aliphatic heterocycles. The monoisotopic (exact) mass is 345 g/mol. The number of benzene rings is 1. The topological polar surface area (TPSA) is 47.0 Å². The molecule has 1 heterocycles. The summed E-state index contributed by atoms with van der Waals surface area (Å²) in [6, 6.07) is 10.2. The van der Waals surface area contributed by atoms with Crippen LogP contribution in [0.15, 0.2) is 54.4 Å². The van der Waals surface area contributed by atoms with E-state index in [1.165, 1.54) is 31.2 Å². The Labute approximate surface area is 149 Å². The van der Waals surface area contributed by atoms with Gasteiger partial charge in [0.15, 0.2) is 0 Å². The number of allylic oxidation sites excluding steroid dienone is 1. The fourth-order valence-electron chi connectivity index (χ4n) is 2.78. The first-order valence-electron chi connectivity index (χ1n) is 8.32. The fourth-order valence-corrected chi connectivity index (χ4v) is 2.78. The zero-order valence-corrected chi connectivity index (χ0v) is 14.6. The second-order valence-electron chi connectivity index (χ2n) is 5.82.